The molecule has 0 aliphatic heterocycles. The van der Waals surface area contributed by atoms with Crippen LogP contribution >= 0.6 is 11.8 Å². The van der Waals surface area contributed by atoms with Gasteiger partial charge in [-0.25, -0.2) is 0 Å². The van der Waals surface area contributed by atoms with Crippen molar-refractivity contribution in [1.82, 2.24) is 20.2 Å². The van der Waals surface area contributed by atoms with Gasteiger partial charge >= 0.3 is 0 Å². The van der Waals surface area contributed by atoms with Gasteiger partial charge in [0.25, 0.3) is 0 Å². The highest BCUT2D eigenvalue weighted by Crippen LogP contribution is 2.27. The number of carbonyl (C=O) groups excluding carboxylic acids is 1. The Morgan fingerprint density at radius 2 is 1.67 bits per heavy atom. The number of Topliss-reactive ketones (excluding diaryl/α,β-unsaturated/α-hetero) is 1. The molecule has 0 bridgehead atoms. The number of ketones is 1. The molecule has 0 saturated heterocycles. The molecule has 6 heteroatoms. The van der Waals surface area contributed by atoms with Gasteiger partial charge in [0.05, 0.1) is 10.9 Å². The number of thioether (sulfide) groups is 1. The average Bonchev–Trinajstić information content (AvgIpc) is 3.09. The SMILES string of the molecule is Cc1ccc(-n2nnnc2S[C@H](C)C(=O)c2ccc(C(C)(C)C)cc2)cc1. The first-order valence-electron chi connectivity index (χ1n) is 8.92. The van der Waals surface area contributed by atoms with E-state index in [1.54, 1.807) is 4.68 Å². The van der Waals surface area contributed by atoms with Crippen LogP contribution in [0.1, 0.15) is 49.2 Å². The summed E-state index contributed by atoms with van der Waals surface area (Å²) in [5.41, 5.74) is 4.03. The maximum atomic E-state index is 12.8. The normalized spacial score (nSPS) is 12.8. The van der Waals surface area contributed by atoms with Crippen molar-refractivity contribution in [2.45, 2.75) is 50.4 Å². The van der Waals surface area contributed by atoms with Gasteiger partial charge < -0.3 is 0 Å². The third kappa shape index (κ3) is 4.45. The van der Waals surface area contributed by atoms with Gasteiger partial charge in [0, 0.05) is 5.56 Å². The highest BCUT2D eigenvalue weighted by Gasteiger charge is 2.21. The number of hydrogen-bond acceptors (Lipinski definition) is 5. The van der Waals surface area contributed by atoms with E-state index in [1.807, 2.05) is 62.4 Å². The fraction of sp³-hybridized carbons (Fsp3) is 0.333. The fourth-order valence-corrected chi connectivity index (χ4v) is 3.57. The Morgan fingerprint density at radius 3 is 2.26 bits per heavy atom. The lowest BCUT2D eigenvalue weighted by Gasteiger charge is -2.19. The summed E-state index contributed by atoms with van der Waals surface area (Å²) in [7, 11) is 0. The van der Waals surface area contributed by atoms with Gasteiger partial charge in [-0.3, -0.25) is 4.79 Å². The van der Waals surface area contributed by atoms with E-state index >= 15 is 0 Å². The summed E-state index contributed by atoms with van der Waals surface area (Å²) in [6, 6.07) is 15.8. The number of carbonyl (C=O) groups is 1. The molecule has 3 rings (SSSR count). The third-order valence-electron chi connectivity index (χ3n) is 4.41. The second kappa shape index (κ2) is 7.64. The molecule has 27 heavy (non-hydrogen) atoms. The maximum absolute atomic E-state index is 12.8. The van der Waals surface area contributed by atoms with Crippen LogP contribution in [0.25, 0.3) is 5.69 Å². The summed E-state index contributed by atoms with van der Waals surface area (Å²) in [4.78, 5) is 12.8. The summed E-state index contributed by atoms with van der Waals surface area (Å²) in [6.07, 6.45) is 0. The molecule has 5 nitrogen and oxygen atoms in total. The smallest absolute Gasteiger partial charge is 0.214 e. The number of aromatic nitrogens is 4. The monoisotopic (exact) mass is 380 g/mol. The number of aryl methyl sites for hydroxylation is 1. The van der Waals surface area contributed by atoms with E-state index in [1.165, 1.54) is 22.9 Å². The minimum absolute atomic E-state index is 0.0675. The van der Waals surface area contributed by atoms with Crippen LogP contribution in [0.3, 0.4) is 0 Å². The van der Waals surface area contributed by atoms with E-state index < -0.39 is 0 Å². The standard InChI is InChI=1S/C21H24N4OS/c1-14-6-12-18(13-7-14)25-20(22-23-24-25)27-15(2)19(26)16-8-10-17(11-9-16)21(3,4)5/h6-13,15H,1-5H3/t15-/m1/s1. The van der Waals surface area contributed by atoms with Crippen molar-refractivity contribution in [3.8, 4) is 5.69 Å². The minimum Gasteiger partial charge on any atom is -0.293 e. The second-order valence-electron chi connectivity index (χ2n) is 7.66. The molecule has 0 aliphatic carbocycles. The first-order chi connectivity index (χ1) is 12.8. The van der Waals surface area contributed by atoms with Crippen molar-refractivity contribution in [2.75, 3.05) is 0 Å². The highest BCUT2D eigenvalue weighted by atomic mass is 32.2. The summed E-state index contributed by atoms with van der Waals surface area (Å²) >= 11 is 1.37. The molecule has 0 N–H and O–H groups in total. The first kappa shape index (κ1) is 19.3. The quantitative estimate of drug-likeness (QED) is 0.477. The Labute approximate surface area is 164 Å². The second-order valence-corrected chi connectivity index (χ2v) is 8.97. The zero-order valence-electron chi connectivity index (χ0n) is 16.3. The van der Waals surface area contributed by atoms with Crippen molar-refractivity contribution in [3.05, 3.63) is 65.2 Å². The molecule has 1 heterocycles. The molecule has 2 aromatic carbocycles. The van der Waals surface area contributed by atoms with Crippen molar-refractivity contribution in [3.63, 3.8) is 0 Å². The Morgan fingerprint density at radius 1 is 1.04 bits per heavy atom. The fourth-order valence-electron chi connectivity index (χ4n) is 2.68. The maximum Gasteiger partial charge on any atom is 0.214 e. The Kier molecular flexibility index (Phi) is 5.46. The average molecular weight is 381 g/mol. The molecular weight excluding hydrogens is 356 g/mol. The van der Waals surface area contributed by atoms with Crippen LogP contribution in [-0.4, -0.2) is 31.2 Å². The van der Waals surface area contributed by atoms with Gasteiger partial charge in [-0.1, -0.05) is 74.5 Å². The molecule has 0 amide bonds. The van der Waals surface area contributed by atoms with Gasteiger partial charge in [0.15, 0.2) is 5.78 Å². The molecule has 3 aromatic rings. The van der Waals surface area contributed by atoms with E-state index in [0.29, 0.717) is 10.7 Å². The molecule has 0 fully saturated rings. The molecule has 0 spiro atoms. The number of benzene rings is 2. The van der Waals surface area contributed by atoms with Gasteiger partial charge in [0.1, 0.15) is 0 Å². The summed E-state index contributed by atoms with van der Waals surface area (Å²) in [6.45, 7) is 10.4. The van der Waals surface area contributed by atoms with E-state index in [4.69, 9.17) is 0 Å². The van der Waals surface area contributed by atoms with E-state index in [-0.39, 0.29) is 16.4 Å². The molecular formula is C21H24N4OS. The molecule has 140 valence electrons. The third-order valence-corrected chi connectivity index (χ3v) is 5.44. The van der Waals surface area contributed by atoms with Crippen molar-refractivity contribution in [2.24, 2.45) is 0 Å². The van der Waals surface area contributed by atoms with Crippen LogP contribution in [0.4, 0.5) is 0 Å². The predicted octanol–water partition coefficient (Wildman–Crippen LogP) is 4.63. The Bertz CT molecular complexity index is 924. The zero-order valence-corrected chi connectivity index (χ0v) is 17.1. The van der Waals surface area contributed by atoms with Crippen LogP contribution in [0.15, 0.2) is 53.7 Å². The van der Waals surface area contributed by atoms with Crippen molar-refractivity contribution in [1.29, 1.82) is 0 Å². The topological polar surface area (TPSA) is 60.7 Å². The van der Waals surface area contributed by atoms with E-state index in [2.05, 4.69) is 36.3 Å². The van der Waals surface area contributed by atoms with Gasteiger partial charge in [-0.15, -0.1) is 5.10 Å². The van der Waals surface area contributed by atoms with Gasteiger partial charge in [-0.2, -0.15) is 4.68 Å². The molecule has 1 aromatic heterocycles. The van der Waals surface area contributed by atoms with Crippen LogP contribution in [-0.2, 0) is 5.41 Å². The van der Waals surface area contributed by atoms with Crippen molar-refractivity contribution >= 4 is 17.5 Å². The lowest BCUT2D eigenvalue weighted by Crippen LogP contribution is -2.16. The number of rotatable bonds is 5. The highest BCUT2D eigenvalue weighted by molar-refractivity contribution is 8.00. The number of tetrazole rings is 1. The molecule has 0 saturated carbocycles. The lowest BCUT2D eigenvalue weighted by molar-refractivity contribution is 0.0994. The van der Waals surface area contributed by atoms with Crippen LogP contribution in [0, 0.1) is 6.92 Å². The molecule has 0 radical (unpaired) electrons. The number of nitrogens with zero attached hydrogens (tertiary/aromatic N) is 4. The van der Waals surface area contributed by atoms with Crippen LogP contribution < -0.4 is 0 Å². The number of hydrogen-bond donors (Lipinski definition) is 0. The first-order valence-corrected chi connectivity index (χ1v) is 9.80. The van der Waals surface area contributed by atoms with Gasteiger partial charge in [-0.05, 0) is 47.4 Å². The van der Waals surface area contributed by atoms with Crippen molar-refractivity contribution < 1.29 is 4.79 Å². The molecule has 0 aliphatic rings. The van der Waals surface area contributed by atoms with Crippen LogP contribution in [0.5, 0.6) is 0 Å². The summed E-state index contributed by atoms with van der Waals surface area (Å²) in [5, 5.41) is 12.2. The van der Waals surface area contributed by atoms with E-state index in [9.17, 15) is 4.79 Å². The lowest BCUT2D eigenvalue weighted by atomic mass is 9.86. The zero-order chi connectivity index (χ0) is 19.6. The Hall–Kier alpha value is -2.47. The summed E-state index contributed by atoms with van der Waals surface area (Å²) in [5.74, 6) is 0.0684. The summed E-state index contributed by atoms with van der Waals surface area (Å²) < 4.78 is 1.66. The van der Waals surface area contributed by atoms with Gasteiger partial charge in [0.2, 0.25) is 5.16 Å². The van der Waals surface area contributed by atoms with Crippen LogP contribution in [0.2, 0.25) is 0 Å². The predicted molar refractivity (Wildman–Crippen MR) is 109 cm³/mol. The minimum atomic E-state index is -0.291. The van der Waals surface area contributed by atoms with E-state index in [0.717, 1.165) is 5.69 Å². The Balaban J connectivity index is 1.76. The largest absolute Gasteiger partial charge is 0.293 e. The molecule has 1 atom stereocenters. The molecule has 0 unspecified atom stereocenters.